The molecule has 2 aliphatic carbocycles. The zero-order valence-electron chi connectivity index (χ0n) is 17.1. The van der Waals surface area contributed by atoms with E-state index in [2.05, 4.69) is 39.0 Å². The molecule has 2 atom stereocenters. The Balaban J connectivity index is 1.59. The lowest BCUT2D eigenvalue weighted by molar-refractivity contribution is 0.0880. The van der Waals surface area contributed by atoms with E-state index < -0.39 is 5.54 Å². The van der Waals surface area contributed by atoms with Gasteiger partial charge in [-0.3, -0.25) is 0 Å². The van der Waals surface area contributed by atoms with Crippen molar-refractivity contribution < 1.29 is 9.84 Å². The molecule has 1 aromatic rings. The van der Waals surface area contributed by atoms with Crippen molar-refractivity contribution in [2.75, 3.05) is 6.61 Å². The average Bonchev–Trinajstić information content (AvgIpc) is 2.61. The largest absolute Gasteiger partial charge is 0.490 e. The van der Waals surface area contributed by atoms with Crippen molar-refractivity contribution in [3.8, 4) is 5.75 Å². The molecule has 2 aliphatic rings. The van der Waals surface area contributed by atoms with Crippen LogP contribution in [0.5, 0.6) is 5.75 Å². The molecule has 1 fully saturated rings. The molecular formula is C23H37NO2. The summed E-state index contributed by atoms with van der Waals surface area (Å²) in [4.78, 5) is 0. The van der Waals surface area contributed by atoms with Gasteiger partial charge in [0.15, 0.2) is 0 Å². The summed E-state index contributed by atoms with van der Waals surface area (Å²) in [6.07, 6.45) is 8.28. The quantitative estimate of drug-likeness (QED) is 0.833. The highest BCUT2D eigenvalue weighted by Crippen LogP contribution is 2.39. The van der Waals surface area contributed by atoms with Crippen molar-refractivity contribution in [2.24, 2.45) is 23.0 Å². The van der Waals surface area contributed by atoms with Crippen LogP contribution in [0.25, 0.3) is 0 Å². The molecule has 0 aliphatic heterocycles. The number of rotatable bonds is 4. The average molecular weight is 360 g/mol. The molecule has 1 saturated carbocycles. The summed E-state index contributed by atoms with van der Waals surface area (Å²) in [5.41, 5.74) is 8.97. The van der Waals surface area contributed by atoms with E-state index in [1.54, 1.807) is 0 Å². The zero-order valence-corrected chi connectivity index (χ0v) is 17.1. The Labute approximate surface area is 159 Å². The fourth-order valence-electron chi connectivity index (χ4n) is 4.74. The maximum atomic E-state index is 9.54. The monoisotopic (exact) mass is 359 g/mol. The van der Waals surface area contributed by atoms with E-state index >= 15 is 0 Å². The Kier molecular flexibility index (Phi) is 5.69. The lowest BCUT2D eigenvalue weighted by Crippen LogP contribution is -2.49. The molecule has 3 nitrogen and oxygen atoms in total. The minimum absolute atomic E-state index is 0.0471. The molecule has 0 saturated heterocycles. The minimum atomic E-state index is -0.488. The molecule has 146 valence electrons. The first-order valence-corrected chi connectivity index (χ1v) is 10.4. The van der Waals surface area contributed by atoms with Crippen molar-refractivity contribution in [3.05, 3.63) is 29.3 Å². The van der Waals surface area contributed by atoms with Gasteiger partial charge in [0, 0.05) is 5.54 Å². The Bertz CT molecular complexity index is 609. The third-order valence-electron chi connectivity index (χ3n) is 6.88. The Morgan fingerprint density at radius 3 is 2.31 bits per heavy atom. The van der Waals surface area contributed by atoms with Crippen LogP contribution in [0, 0.1) is 17.3 Å². The van der Waals surface area contributed by atoms with Crippen LogP contribution in [0.2, 0.25) is 0 Å². The van der Waals surface area contributed by atoms with Gasteiger partial charge in [-0.05, 0) is 92.4 Å². The van der Waals surface area contributed by atoms with Gasteiger partial charge in [0.1, 0.15) is 5.75 Å². The van der Waals surface area contributed by atoms with Crippen molar-refractivity contribution in [1.82, 2.24) is 0 Å². The maximum Gasteiger partial charge on any atom is 0.120 e. The topological polar surface area (TPSA) is 55.5 Å². The van der Waals surface area contributed by atoms with Crippen molar-refractivity contribution in [1.29, 1.82) is 0 Å². The molecule has 3 heteroatoms. The number of fused-ring (bicyclic) bond motifs is 1. The summed E-state index contributed by atoms with van der Waals surface area (Å²) in [5.74, 6) is 2.19. The van der Waals surface area contributed by atoms with Crippen LogP contribution >= 0.6 is 0 Å². The van der Waals surface area contributed by atoms with Crippen LogP contribution < -0.4 is 10.5 Å². The predicted octanol–water partition coefficient (Wildman–Crippen LogP) is 4.48. The summed E-state index contributed by atoms with van der Waals surface area (Å²) in [7, 11) is 0. The first-order valence-electron chi connectivity index (χ1n) is 10.4. The smallest absolute Gasteiger partial charge is 0.120 e. The van der Waals surface area contributed by atoms with Crippen LogP contribution in [0.1, 0.15) is 70.9 Å². The zero-order chi connectivity index (χ0) is 18.9. The summed E-state index contributed by atoms with van der Waals surface area (Å²) in [6.45, 7) is 9.09. The Morgan fingerprint density at radius 1 is 1.00 bits per heavy atom. The van der Waals surface area contributed by atoms with E-state index in [-0.39, 0.29) is 6.61 Å². The first kappa shape index (κ1) is 19.7. The minimum Gasteiger partial charge on any atom is -0.490 e. The van der Waals surface area contributed by atoms with Gasteiger partial charge in [0.2, 0.25) is 0 Å². The fourth-order valence-corrected chi connectivity index (χ4v) is 4.74. The van der Waals surface area contributed by atoms with Gasteiger partial charge in [-0.15, -0.1) is 0 Å². The Morgan fingerprint density at radius 2 is 1.69 bits per heavy atom. The van der Waals surface area contributed by atoms with Crippen molar-refractivity contribution >= 4 is 0 Å². The van der Waals surface area contributed by atoms with Gasteiger partial charge in [-0.2, -0.15) is 0 Å². The van der Waals surface area contributed by atoms with Gasteiger partial charge in [0.05, 0.1) is 12.7 Å². The maximum absolute atomic E-state index is 9.54. The standard InChI is InChI=1S/C23H37NO2/c1-22(2,3)18-8-11-20(12-9-18)26-21-10-6-16-13-19(23(4,24)15-25)7-5-17(16)14-21/h6,10,14,18-20,25H,5,7-9,11-13,15,24H2,1-4H3/t18?,19-,20?,23-/m0/s1. The lowest BCUT2D eigenvalue weighted by atomic mass is 9.72. The first-order chi connectivity index (χ1) is 12.2. The number of aliphatic hydroxyl groups excluding tert-OH is 1. The van der Waals surface area contributed by atoms with Gasteiger partial charge >= 0.3 is 0 Å². The molecule has 26 heavy (non-hydrogen) atoms. The molecule has 0 amide bonds. The number of aryl methyl sites for hydroxylation is 1. The van der Waals surface area contributed by atoms with Crippen molar-refractivity contribution in [3.63, 3.8) is 0 Å². The normalized spacial score (nSPS) is 28.9. The second kappa shape index (κ2) is 7.52. The third kappa shape index (κ3) is 4.43. The molecule has 0 spiro atoms. The summed E-state index contributed by atoms with van der Waals surface area (Å²) < 4.78 is 6.33. The van der Waals surface area contributed by atoms with E-state index in [1.165, 1.54) is 36.8 Å². The van der Waals surface area contributed by atoms with Crippen LogP contribution in [0.15, 0.2) is 18.2 Å². The molecule has 0 unspecified atom stereocenters. The highest BCUT2D eigenvalue weighted by atomic mass is 16.5. The van der Waals surface area contributed by atoms with Gasteiger partial charge in [0.25, 0.3) is 0 Å². The summed E-state index contributed by atoms with van der Waals surface area (Å²) in [5, 5.41) is 9.54. The molecule has 3 rings (SSSR count). The van der Waals surface area contributed by atoms with Gasteiger partial charge < -0.3 is 15.6 Å². The molecule has 0 aromatic heterocycles. The number of nitrogens with two attached hydrogens (primary N) is 1. The molecule has 0 heterocycles. The highest BCUT2D eigenvalue weighted by molar-refractivity contribution is 5.38. The van der Waals surface area contributed by atoms with Crippen LogP contribution in [-0.4, -0.2) is 23.4 Å². The van der Waals surface area contributed by atoms with E-state index in [1.807, 2.05) is 6.92 Å². The van der Waals surface area contributed by atoms with E-state index in [0.29, 0.717) is 17.4 Å². The van der Waals surface area contributed by atoms with Crippen LogP contribution in [-0.2, 0) is 12.8 Å². The second-order valence-corrected chi connectivity index (χ2v) is 9.99. The van der Waals surface area contributed by atoms with Crippen LogP contribution in [0.4, 0.5) is 0 Å². The van der Waals surface area contributed by atoms with Gasteiger partial charge in [-0.25, -0.2) is 0 Å². The van der Waals surface area contributed by atoms with Crippen molar-refractivity contribution in [2.45, 2.75) is 84.3 Å². The number of aliphatic hydroxyl groups is 1. The van der Waals surface area contributed by atoms with Gasteiger partial charge in [-0.1, -0.05) is 26.8 Å². The second-order valence-electron chi connectivity index (χ2n) is 9.99. The summed E-state index contributed by atoms with van der Waals surface area (Å²) >= 11 is 0. The number of hydrogen-bond acceptors (Lipinski definition) is 3. The molecule has 1 aromatic carbocycles. The molecule has 0 bridgehead atoms. The summed E-state index contributed by atoms with van der Waals surface area (Å²) in [6, 6.07) is 6.59. The van der Waals surface area contributed by atoms with E-state index in [0.717, 1.165) is 30.9 Å². The predicted molar refractivity (Wildman–Crippen MR) is 107 cm³/mol. The number of benzene rings is 1. The lowest BCUT2D eigenvalue weighted by Gasteiger charge is -2.37. The highest BCUT2D eigenvalue weighted by Gasteiger charge is 2.33. The molecular weight excluding hydrogens is 322 g/mol. The van der Waals surface area contributed by atoms with E-state index in [4.69, 9.17) is 10.5 Å². The fraction of sp³-hybridized carbons (Fsp3) is 0.739. The SMILES string of the molecule is CC(C)(C)C1CCC(Oc2ccc3c(c2)CC[C@H]([C@@](C)(N)CO)C3)CC1. The third-order valence-corrected chi connectivity index (χ3v) is 6.88. The number of ether oxygens (including phenoxy) is 1. The van der Waals surface area contributed by atoms with Crippen LogP contribution in [0.3, 0.4) is 0 Å². The molecule has 0 radical (unpaired) electrons. The van der Waals surface area contributed by atoms with E-state index in [9.17, 15) is 5.11 Å². The Hall–Kier alpha value is -1.06. The molecule has 3 N–H and O–H groups in total. The number of hydrogen-bond donors (Lipinski definition) is 2.